The third kappa shape index (κ3) is 4.99. The van der Waals surface area contributed by atoms with Gasteiger partial charge in [0.15, 0.2) is 12.0 Å². The second kappa shape index (κ2) is 9.23. The van der Waals surface area contributed by atoms with E-state index in [2.05, 4.69) is 5.32 Å². The van der Waals surface area contributed by atoms with E-state index in [1.54, 1.807) is 42.5 Å². The van der Waals surface area contributed by atoms with Crippen molar-refractivity contribution in [3.63, 3.8) is 0 Å². The lowest BCUT2D eigenvalue weighted by molar-refractivity contribution is -0.384. The molecule has 0 radical (unpaired) electrons. The summed E-state index contributed by atoms with van der Waals surface area (Å²) in [5.41, 5.74) is 1.40. The lowest BCUT2D eigenvalue weighted by atomic mass is 10.1. The number of hydrogen-bond donors (Lipinski definition) is 1. The molecule has 1 amide bonds. The van der Waals surface area contributed by atoms with E-state index < -0.39 is 10.8 Å². The van der Waals surface area contributed by atoms with Crippen molar-refractivity contribution in [2.24, 2.45) is 0 Å². The number of rotatable bonds is 7. The molecule has 0 saturated carbocycles. The van der Waals surface area contributed by atoms with Crippen LogP contribution in [0.25, 0.3) is 22.3 Å². The Balaban J connectivity index is 1.41. The molecule has 9 nitrogen and oxygen atoms in total. The van der Waals surface area contributed by atoms with Crippen LogP contribution in [0.1, 0.15) is 0 Å². The number of nitro groups is 1. The molecule has 0 aliphatic rings. The normalized spacial score (nSPS) is 10.6. The van der Waals surface area contributed by atoms with Crippen LogP contribution >= 0.6 is 0 Å². The number of ether oxygens (including phenoxy) is 2. The fourth-order valence-electron chi connectivity index (χ4n) is 3.13. The van der Waals surface area contributed by atoms with E-state index in [1.807, 2.05) is 0 Å². The molecule has 1 N–H and O–H groups in total. The van der Waals surface area contributed by atoms with Crippen LogP contribution in [0.4, 0.5) is 11.4 Å². The summed E-state index contributed by atoms with van der Waals surface area (Å²) >= 11 is 0. The Morgan fingerprint density at radius 3 is 2.36 bits per heavy atom. The molecule has 4 rings (SSSR count). The molecule has 0 bridgehead atoms. The van der Waals surface area contributed by atoms with E-state index in [-0.39, 0.29) is 17.7 Å². The Bertz CT molecular complexity index is 1380. The Morgan fingerprint density at radius 1 is 1.00 bits per heavy atom. The smallest absolute Gasteiger partial charge is 0.269 e. The first-order valence-corrected chi connectivity index (χ1v) is 9.82. The highest BCUT2D eigenvalue weighted by atomic mass is 16.6. The molecular formula is C24H18N2O7. The third-order valence-electron chi connectivity index (χ3n) is 4.80. The second-order valence-corrected chi connectivity index (χ2v) is 7.00. The molecule has 0 aliphatic heterocycles. The molecule has 1 aromatic heterocycles. The first-order valence-electron chi connectivity index (χ1n) is 9.82. The predicted octanol–water partition coefficient (Wildman–Crippen LogP) is 4.39. The second-order valence-electron chi connectivity index (χ2n) is 7.00. The molecule has 9 heteroatoms. The Hall–Kier alpha value is -4.66. The summed E-state index contributed by atoms with van der Waals surface area (Å²) in [5, 5.41) is 13.8. The van der Waals surface area contributed by atoms with Gasteiger partial charge in [0.05, 0.1) is 17.4 Å². The number of nitrogens with zero attached hydrogens (tertiary/aromatic N) is 1. The van der Waals surface area contributed by atoms with Crippen molar-refractivity contribution >= 4 is 28.3 Å². The average molecular weight is 446 g/mol. The Morgan fingerprint density at radius 2 is 1.70 bits per heavy atom. The fourth-order valence-corrected chi connectivity index (χ4v) is 3.13. The van der Waals surface area contributed by atoms with Crippen LogP contribution in [0, 0.1) is 10.1 Å². The van der Waals surface area contributed by atoms with E-state index in [4.69, 9.17) is 13.9 Å². The van der Waals surface area contributed by atoms with Crippen LogP contribution in [-0.4, -0.2) is 24.5 Å². The summed E-state index contributed by atoms with van der Waals surface area (Å²) in [6.07, 6.45) is 0. The minimum Gasteiger partial charge on any atom is -0.497 e. The zero-order valence-corrected chi connectivity index (χ0v) is 17.4. The summed E-state index contributed by atoms with van der Waals surface area (Å²) in [4.78, 5) is 34.8. The van der Waals surface area contributed by atoms with Crippen molar-refractivity contribution in [1.29, 1.82) is 0 Å². The van der Waals surface area contributed by atoms with E-state index in [0.29, 0.717) is 39.5 Å². The number of nitro benzene ring substituents is 1. The Labute approximate surface area is 187 Å². The first-order chi connectivity index (χ1) is 15.9. The van der Waals surface area contributed by atoms with E-state index in [1.165, 1.54) is 37.4 Å². The lowest BCUT2D eigenvalue weighted by Gasteiger charge is -2.09. The molecule has 0 aliphatic carbocycles. The monoisotopic (exact) mass is 446 g/mol. The van der Waals surface area contributed by atoms with Crippen LogP contribution in [0.3, 0.4) is 0 Å². The number of carbonyl (C=O) groups excluding carboxylic acids is 1. The molecule has 4 aromatic rings. The minimum atomic E-state index is -0.514. The SMILES string of the molecule is COc1ccc2oc(-c3ccc(NC(=O)COc4ccc([N+](=O)[O-])cc4)cc3)cc(=O)c2c1. The van der Waals surface area contributed by atoms with Crippen LogP contribution < -0.4 is 20.2 Å². The molecule has 3 aromatic carbocycles. The molecule has 33 heavy (non-hydrogen) atoms. The van der Waals surface area contributed by atoms with Crippen molar-refractivity contribution in [3.8, 4) is 22.8 Å². The number of nitrogens with one attached hydrogen (secondary N) is 1. The summed E-state index contributed by atoms with van der Waals surface area (Å²) in [6, 6.07) is 18.7. The van der Waals surface area contributed by atoms with Gasteiger partial charge in [-0.15, -0.1) is 0 Å². The van der Waals surface area contributed by atoms with Crippen molar-refractivity contribution < 1.29 is 23.6 Å². The van der Waals surface area contributed by atoms with Crippen molar-refractivity contribution in [1.82, 2.24) is 0 Å². The molecular weight excluding hydrogens is 428 g/mol. The topological polar surface area (TPSA) is 121 Å². The highest BCUT2D eigenvalue weighted by molar-refractivity contribution is 5.92. The minimum absolute atomic E-state index is 0.0612. The average Bonchev–Trinajstić information content (AvgIpc) is 2.83. The number of anilines is 1. The van der Waals surface area contributed by atoms with Gasteiger partial charge in [-0.25, -0.2) is 0 Å². The van der Waals surface area contributed by atoms with E-state index in [0.717, 1.165) is 0 Å². The van der Waals surface area contributed by atoms with Crippen LogP contribution in [0.15, 0.2) is 82.0 Å². The van der Waals surface area contributed by atoms with Crippen LogP contribution in [0.2, 0.25) is 0 Å². The highest BCUT2D eigenvalue weighted by Crippen LogP contribution is 2.25. The fraction of sp³-hybridized carbons (Fsp3) is 0.0833. The summed E-state index contributed by atoms with van der Waals surface area (Å²) in [5.74, 6) is 0.916. The summed E-state index contributed by atoms with van der Waals surface area (Å²) in [7, 11) is 1.53. The maximum Gasteiger partial charge on any atom is 0.269 e. The number of fused-ring (bicyclic) bond motifs is 1. The maximum atomic E-state index is 12.5. The number of hydrogen-bond acceptors (Lipinski definition) is 7. The van der Waals surface area contributed by atoms with Gasteiger partial charge >= 0.3 is 0 Å². The third-order valence-corrected chi connectivity index (χ3v) is 4.80. The van der Waals surface area contributed by atoms with Crippen molar-refractivity contribution in [3.05, 3.63) is 93.1 Å². The van der Waals surface area contributed by atoms with E-state index in [9.17, 15) is 19.7 Å². The molecule has 0 saturated heterocycles. The van der Waals surface area contributed by atoms with Gasteiger partial charge in [0.2, 0.25) is 0 Å². The van der Waals surface area contributed by atoms with Gasteiger partial charge in [-0.1, -0.05) is 0 Å². The maximum absolute atomic E-state index is 12.5. The molecule has 0 spiro atoms. The standard InChI is InChI=1S/C24H18N2O7/c1-31-19-10-11-22-20(12-19)21(27)13-23(33-22)15-2-4-16(5-3-15)25-24(28)14-32-18-8-6-17(7-9-18)26(29)30/h2-13H,14H2,1H3,(H,25,28). The molecule has 0 atom stereocenters. The largest absolute Gasteiger partial charge is 0.497 e. The van der Waals surface area contributed by atoms with Gasteiger partial charge in [-0.2, -0.15) is 0 Å². The zero-order valence-electron chi connectivity index (χ0n) is 17.4. The lowest BCUT2D eigenvalue weighted by Crippen LogP contribution is -2.20. The Kier molecular flexibility index (Phi) is 6.03. The van der Waals surface area contributed by atoms with Crippen molar-refractivity contribution in [2.75, 3.05) is 19.0 Å². The van der Waals surface area contributed by atoms with Gasteiger partial charge in [0, 0.05) is 29.4 Å². The predicted molar refractivity (Wildman–Crippen MR) is 122 cm³/mol. The van der Waals surface area contributed by atoms with Crippen molar-refractivity contribution in [2.45, 2.75) is 0 Å². The zero-order chi connectivity index (χ0) is 23.4. The van der Waals surface area contributed by atoms with Gasteiger partial charge in [-0.05, 0) is 54.6 Å². The number of amides is 1. The number of carbonyl (C=O) groups is 1. The van der Waals surface area contributed by atoms with Gasteiger partial charge in [0.1, 0.15) is 22.8 Å². The number of benzene rings is 3. The molecule has 0 fully saturated rings. The van der Waals surface area contributed by atoms with Crippen LogP contribution in [-0.2, 0) is 4.79 Å². The molecule has 166 valence electrons. The quantitative estimate of drug-likeness (QED) is 0.330. The van der Waals surface area contributed by atoms with Gasteiger partial charge in [-0.3, -0.25) is 19.7 Å². The first kappa shape index (κ1) is 21.6. The van der Waals surface area contributed by atoms with Gasteiger partial charge < -0.3 is 19.2 Å². The van der Waals surface area contributed by atoms with E-state index >= 15 is 0 Å². The summed E-state index contributed by atoms with van der Waals surface area (Å²) in [6.45, 7) is -0.261. The number of methoxy groups -OCH3 is 1. The number of non-ortho nitro benzene ring substituents is 1. The molecule has 0 unspecified atom stereocenters. The highest BCUT2D eigenvalue weighted by Gasteiger charge is 2.10. The summed E-state index contributed by atoms with van der Waals surface area (Å²) < 4.78 is 16.3. The van der Waals surface area contributed by atoms with Gasteiger partial charge in [0.25, 0.3) is 11.6 Å². The van der Waals surface area contributed by atoms with Crippen LogP contribution in [0.5, 0.6) is 11.5 Å². The molecule has 1 heterocycles.